The summed E-state index contributed by atoms with van der Waals surface area (Å²) >= 11 is 0. The molecule has 1 aliphatic heterocycles. The summed E-state index contributed by atoms with van der Waals surface area (Å²) in [5.41, 5.74) is 1.13. The highest BCUT2D eigenvalue weighted by Gasteiger charge is 2.34. The van der Waals surface area contributed by atoms with Gasteiger partial charge in [0, 0.05) is 25.2 Å². The lowest BCUT2D eigenvalue weighted by Gasteiger charge is -2.38. The minimum atomic E-state index is -0.495. The highest BCUT2D eigenvalue weighted by molar-refractivity contribution is 5.94. The molecule has 0 aromatic heterocycles. The Bertz CT molecular complexity index is 666. The molecule has 1 heterocycles. The lowest BCUT2D eigenvalue weighted by atomic mass is 9.74. The number of carbonyl (C=O) groups is 1. The van der Waals surface area contributed by atoms with Crippen molar-refractivity contribution in [2.75, 3.05) is 19.8 Å². The maximum atomic E-state index is 13.7. The van der Waals surface area contributed by atoms with Gasteiger partial charge in [-0.15, -0.1) is 0 Å². The summed E-state index contributed by atoms with van der Waals surface area (Å²) in [5, 5.41) is 2.91. The van der Waals surface area contributed by atoms with Gasteiger partial charge in [0.15, 0.2) is 0 Å². The Morgan fingerprint density at radius 3 is 2.39 bits per heavy atom. The number of ether oxygens (including phenoxy) is 1. The van der Waals surface area contributed by atoms with Crippen LogP contribution >= 0.6 is 0 Å². The topological polar surface area (TPSA) is 38.3 Å². The maximum absolute atomic E-state index is 13.7. The molecule has 0 aliphatic carbocycles. The standard InChI is InChI=1S/C19H20FNO2/c20-17-9-5-4-8-16(17)18(22)21-14-19(10-12-23-13-11-19)15-6-2-1-3-7-15/h1-9H,10-14H2,(H,21,22). The molecule has 120 valence electrons. The van der Waals surface area contributed by atoms with Gasteiger partial charge in [-0.2, -0.15) is 0 Å². The summed E-state index contributed by atoms with van der Waals surface area (Å²) in [4.78, 5) is 12.3. The molecule has 0 unspecified atom stereocenters. The number of benzene rings is 2. The normalized spacial score (nSPS) is 16.7. The molecule has 4 heteroatoms. The van der Waals surface area contributed by atoms with Gasteiger partial charge in [-0.1, -0.05) is 42.5 Å². The zero-order valence-electron chi connectivity index (χ0n) is 12.9. The van der Waals surface area contributed by atoms with E-state index in [9.17, 15) is 9.18 Å². The van der Waals surface area contributed by atoms with Crippen LogP contribution in [0.1, 0.15) is 28.8 Å². The van der Waals surface area contributed by atoms with E-state index in [2.05, 4.69) is 17.4 Å². The Balaban J connectivity index is 1.78. The van der Waals surface area contributed by atoms with Crippen molar-refractivity contribution < 1.29 is 13.9 Å². The molecule has 0 radical (unpaired) electrons. The number of hydrogen-bond acceptors (Lipinski definition) is 2. The quantitative estimate of drug-likeness (QED) is 0.940. The Labute approximate surface area is 135 Å². The molecule has 3 rings (SSSR count). The van der Waals surface area contributed by atoms with Crippen LogP contribution in [0.5, 0.6) is 0 Å². The number of rotatable bonds is 4. The van der Waals surface area contributed by atoms with Crippen molar-refractivity contribution in [3.63, 3.8) is 0 Å². The molecule has 1 saturated heterocycles. The molecule has 1 fully saturated rings. The third-order valence-corrected chi connectivity index (χ3v) is 4.54. The van der Waals surface area contributed by atoms with E-state index in [4.69, 9.17) is 4.74 Å². The molecule has 0 saturated carbocycles. The number of amides is 1. The van der Waals surface area contributed by atoms with Crippen LogP contribution in [0.4, 0.5) is 4.39 Å². The average Bonchev–Trinajstić information content (AvgIpc) is 2.62. The minimum absolute atomic E-state index is 0.0859. The summed E-state index contributed by atoms with van der Waals surface area (Å²) in [7, 11) is 0. The minimum Gasteiger partial charge on any atom is -0.381 e. The van der Waals surface area contributed by atoms with Gasteiger partial charge < -0.3 is 10.1 Å². The van der Waals surface area contributed by atoms with Crippen molar-refractivity contribution in [1.82, 2.24) is 5.32 Å². The Hall–Kier alpha value is -2.20. The van der Waals surface area contributed by atoms with E-state index in [0.29, 0.717) is 19.8 Å². The fourth-order valence-corrected chi connectivity index (χ4v) is 3.11. The lowest BCUT2D eigenvalue weighted by Crippen LogP contribution is -2.44. The van der Waals surface area contributed by atoms with Gasteiger partial charge in [0.1, 0.15) is 5.82 Å². The van der Waals surface area contributed by atoms with Crippen LogP contribution in [0.3, 0.4) is 0 Å². The monoisotopic (exact) mass is 313 g/mol. The van der Waals surface area contributed by atoms with Gasteiger partial charge in [-0.25, -0.2) is 4.39 Å². The first-order valence-electron chi connectivity index (χ1n) is 7.87. The molecule has 3 nitrogen and oxygen atoms in total. The van der Waals surface area contributed by atoms with Crippen LogP contribution in [0, 0.1) is 5.82 Å². The summed E-state index contributed by atoms with van der Waals surface area (Å²) in [6.07, 6.45) is 1.68. The SMILES string of the molecule is O=C(NCC1(c2ccccc2)CCOCC1)c1ccccc1F. The fourth-order valence-electron chi connectivity index (χ4n) is 3.11. The van der Waals surface area contributed by atoms with Crippen molar-refractivity contribution in [2.45, 2.75) is 18.3 Å². The largest absolute Gasteiger partial charge is 0.381 e. The van der Waals surface area contributed by atoms with Gasteiger partial charge in [-0.05, 0) is 30.5 Å². The van der Waals surface area contributed by atoms with Crippen LogP contribution < -0.4 is 5.32 Å². The summed E-state index contributed by atoms with van der Waals surface area (Å²) in [5.74, 6) is -0.865. The second-order valence-electron chi connectivity index (χ2n) is 5.92. The molecular formula is C19H20FNO2. The van der Waals surface area contributed by atoms with Crippen molar-refractivity contribution in [1.29, 1.82) is 0 Å². The van der Waals surface area contributed by atoms with E-state index in [1.807, 2.05) is 18.2 Å². The molecule has 23 heavy (non-hydrogen) atoms. The van der Waals surface area contributed by atoms with Gasteiger partial charge in [0.05, 0.1) is 5.56 Å². The molecule has 0 spiro atoms. The Morgan fingerprint density at radius 1 is 1.04 bits per heavy atom. The smallest absolute Gasteiger partial charge is 0.254 e. The van der Waals surface area contributed by atoms with Crippen LogP contribution in [0.2, 0.25) is 0 Å². The highest BCUT2D eigenvalue weighted by Crippen LogP contribution is 2.34. The molecule has 1 amide bonds. The molecule has 0 atom stereocenters. The number of halogens is 1. The number of carbonyl (C=O) groups excluding carboxylic acids is 1. The Kier molecular flexibility index (Phi) is 4.72. The lowest BCUT2D eigenvalue weighted by molar-refractivity contribution is 0.0487. The predicted octanol–water partition coefficient (Wildman–Crippen LogP) is 3.30. The summed E-state index contributed by atoms with van der Waals surface area (Å²) in [6.45, 7) is 1.82. The summed E-state index contributed by atoms with van der Waals surface area (Å²) in [6, 6.07) is 16.2. The second-order valence-corrected chi connectivity index (χ2v) is 5.92. The maximum Gasteiger partial charge on any atom is 0.254 e. The third-order valence-electron chi connectivity index (χ3n) is 4.54. The fraction of sp³-hybridized carbons (Fsp3) is 0.316. The first-order valence-corrected chi connectivity index (χ1v) is 7.87. The highest BCUT2D eigenvalue weighted by atomic mass is 19.1. The molecule has 0 bridgehead atoms. The van der Waals surface area contributed by atoms with Crippen molar-refractivity contribution >= 4 is 5.91 Å². The third kappa shape index (κ3) is 3.42. The molecular weight excluding hydrogens is 293 g/mol. The molecule has 1 N–H and O–H groups in total. The van der Waals surface area contributed by atoms with E-state index in [1.54, 1.807) is 12.1 Å². The van der Waals surface area contributed by atoms with Crippen molar-refractivity contribution in [2.24, 2.45) is 0 Å². The van der Waals surface area contributed by atoms with E-state index in [-0.39, 0.29) is 16.9 Å². The van der Waals surface area contributed by atoms with Gasteiger partial charge in [0.2, 0.25) is 0 Å². The zero-order valence-corrected chi connectivity index (χ0v) is 12.9. The predicted molar refractivity (Wildman–Crippen MR) is 86.9 cm³/mol. The number of hydrogen-bond donors (Lipinski definition) is 1. The first kappa shape index (κ1) is 15.7. The first-order chi connectivity index (χ1) is 11.2. The second kappa shape index (κ2) is 6.92. The van der Waals surface area contributed by atoms with Crippen molar-refractivity contribution in [3.05, 3.63) is 71.5 Å². The summed E-state index contributed by atoms with van der Waals surface area (Å²) < 4.78 is 19.2. The van der Waals surface area contributed by atoms with Crippen LogP contribution in [-0.2, 0) is 10.2 Å². The van der Waals surface area contributed by atoms with Crippen molar-refractivity contribution in [3.8, 4) is 0 Å². The number of nitrogens with one attached hydrogen (secondary N) is 1. The zero-order chi connectivity index (χ0) is 16.1. The molecule has 1 aliphatic rings. The van der Waals surface area contributed by atoms with E-state index in [0.717, 1.165) is 12.8 Å². The van der Waals surface area contributed by atoms with Gasteiger partial charge in [0.25, 0.3) is 5.91 Å². The van der Waals surface area contributed by atoms with Gasteiger partial charge >= 0.3 is 0 Å². The molecule has 2 aromatic rings. The van der Waals surface area contributed by atoms with Crippen LogP contribution in [-0.4, -0.2) is 25.7 Å². The van der Waals surface area contributed by atoms with E-state index < -0.39 is 5.82 Å². The van der Waals surface area contributed by atoms with Crippen LogP contribution in [0.15, 0.2) is 54.6 Å². The van der Waals surface area contributed by atoms with E-state index >= 15 is 0 Å². The van der Waals surface area contributed by atoms with Crippen LogP contribution in [0.25, 0.3) is 0 Å². The Morgan fingerprint density at radius 2 is 1.70 bits per heavy atom. The average molecular weight is 313 g/mol. The molecule has 2 aromatic carbocycles. The van der Waals surface area contributed by atoms with E-state index in [1.165, 1.54) is 17.7 Å². The van der Waals surface area contributed by atoms with Gasteiger partial charge in [-0.3, -0.25) is 4.79 Å².